The number of hydrogen-bond acceptors (Lipinski definition) is 5. The number of hydrogen-bond donors (Lipinski definition) is 3. The van der Waals surface area contributed by atoms with E-state index in [2.05, 4.69) is 10.6 Å². The van der Waals surface area contributed by atoms with E-state index in [9.17, 15) is 14.7 Å². The van der Waals surface area contributed by atoms with Crippen molar-refractivity contribution < 1.29 is 24.2 Å². The van der Waals surface area contributed by atoms with Crippen molar-refractivity contribution in [2.75, 3.05) is 0 Å². The number of benzene rings is 1. The van der Waals surface area contributed by atoms with Gasteiger partial charge in [-0.15, -0.1) is 0 Å². The van der Waals surface area contributed by atoms with Gasteiger partial charge in [0.25, 0.3) is 0 Å². The molecule has 2 rings (SSSR count). The fraction of sp³-hybridized carbons (Fsp3) is 0.619. The van der Waals surface area contributed by atoms with E-state index in [1.54, 1.807) is 6.92 Å². The van der Waals surface area contributed by atoms with Crippen molar-refractivity contribution in [3.05, 3.63) is 35.9 Å². The minimum atomic E-state index is -0.623. The van der Waals surface area contributed by atoms with Crippen LogP contribution in [0.2, 0.25) is 0 Å². The molecule has 1 aliphatic carbocycles. The number of ether oxygens (including phenoxy) is 2. The second-order valence-corrected chi connectivity index (χ2v) is 8.37. The van der Waals surface area contributed by atoms with Crippen LogP contribution in [0.5, 0.6) is 0 Å². The van der Waals surface area contributed by atoms with Gasteiger partial charge in [-0.05, 0) is 52.5 Å². The molecule has 0 spiro atoms. The summed E-state index contributed by atoms with van der Waals surface area (Å²) in [6.45, 7) is 7.33. The Labute approximate surface area is 166 Å². The summed E-state index contributed by atoms with van der Waals surface area (Å²) in [6, 6.07) is 9.14. The first kappa shape index (κ1) is 22.0. The van der Waals surface area contributed by atoms with Gasteiger partial charge in [0.1, 0.15) is 12.2 Å². The van der Waals surface area contributed by atoms with Crippen molar-refractivity contribution in [3.63, 3.8) is 0 Å². The van der Waals surface area contributed by atoms with Gasteiger partial charge in [-0.2, -0.15) is 0 Å². The largest absolute Gasteiger partial charge is 0.445 e. The first-order valence-corrected chi connectivity index (χ1v) is 9.79. The molecule has 28 heavy (non-hydrogen) atoms. The fourth-order valence-corrected chi connectivity index (χ4v) is 3.44. The zero-order chi connectivity index (χ0) is 20.7. The highest BCUT2D eigenvalue weighted by Crippen LogP contribution is 2.28. The minimum Gasteiger partial charge on any atom is -0.445 e. The van der Waals surface area contributed by atoms with E-state index in [-0.39, 0.29) is 24.6 Å². The molecule has 4 atom stereocenters. The van der Waals surface area contributed by atoms with Crippen molar-refractivity contribution in [1.29, 1.82) is 0 Å². The number of aliphatic hydroxyl groups excluding tert-OH is 1. The van der Waals surface area contributed by atoms with Gasteiger partial charge < -0.3 is 25.2 Å². The van der Waals surface area contributed by atoms with Crippen LogP contribution in [0.1, 0.15) is 52.5 Å². The third-order valence-electron chi connectivity index (χ3n) is 4.76. The topological polar surface area (TPSA) is 96.9 Å². The molecule has 0 saturated heterocycles. The van der Waals surface area contributed by atoms with Crippen LogP contribution in [0.25, 0.3) is 0 Å². The van der Waals surface area contributed by atoms with Gasteiger partial charge in [-0.25, -0.2) is 9.59 Å². The minimum absolute atomic E-state index is 0.104. The van der Waals surface area contributed by atoms with Crippen LogP contribution in [-0.2, 0) is 16.1 Å². The van der Waals surface area contributed by atoms with Crippen molar-refractivity contribution in [3.8, 4) is 0 Å². The zero-order valence-electron chi connectivity index (χ0n) is 17.1. The summed E-state index contributed by atoms with van der Waals surface area (Å²) in [5, 5.41) is 15.9. The van der Waals surface area contributed by atoms with Gasteiger partial charge in [0.05, 0.1) is 6.10 Å². The number of rotatable bonds is 5. The zero-order valence-corrected chi connectivity index (χ0v) is 17.1. The number of amides is 2. The molecule has 1 saturated carbocycles. The van der Waals surface area contributed by atoms with E-state index in [1.807, 2.05) is 51.1 Å². The van der Waals surface area contributed by atoms with Crippen molar-refractivity contribution in [2.24, 2.45) is 5.92 Å². The lowest BCUT2D eigenvalue weighted by atomic mass is 9.79. The van der Waals surface area contributed by atoms with Crippen LogP contribution in [0.15, 0.2) is 30.3 Å². The molecule has 1 aliphatic rings. The highest BCUT2D eigenvalue weighted by atomic mass is 16.6. The summed E-state index contributed by atoms with van der Waals surface area (Å²) < 4.78 is 10.6. The summed E-state index contributed by atoms with van der Waals surface area (Å²) >= 11 is 0. The van der Waals surface area contributed by atoms with Crippen LogP contribution < -0.4 is 10.6 Å². The third-order valence-corrected chi connectivity index (χ3v) is 4.76. The SMILES string of the molecule is CC(O)C1CC(NC(=O)OC(C)(C)C)CCC1NC(=O)OCc1ccccc1. The molecule has 0 radical (unpaired) electrons. The lowest BCUT2D eigenvalue weighted by Crippen LogP contribution is -2.52. The molecule has 156 valence electrons. The van der Waals surface area contributed by atoms with E-state index in [1.165, 1.54) is 0 Å². The van der Waals surface area contributed by atoms with E-state index >= 15 is 0 Å². The predicted octanol–water partition coefficient (Wildman–Crippen LogP) is 3.36. The maximum Gasteiger partial charge on any atom is 0.407 e. The average molecular weight is 392 g/mol. The van der Waals surface area contributed by atoms with Crippen LogP contribution in [0.3, 0.4) is 0 Å². The predicted molar refractivity (Wildman–Crippen MR) is 106 cm³/mol. The standard InChI is InChI=1S/C21H32N2O5/c1-14(24)17-12-16(22-20(26)28-21(2,3)4)10-11-18(17)23-19(25)27-13-15-8-6-5-7-9-15/h5-9,14,16-18,24H,10-13H2,1-4H3,(H,22,26)(H,23,25). The van der Waals surface area contributed by atoms with Gasteiger partial charge in [0.2, 0.25) is 0 Å². The number of alkyl carbamates (subject to hydrolysis) is 2. The summed E-state index contributed by atoms with van der Waals surface area (Å²) in [5.41, 5.74) is 0.352. The molecule has 0 bridgehead atoms. The fourth-order valence-electron chi connectivity index (χ4n) is 3.44. The molecule has 0 aromatic heterocycles. The Bertz CT molecular complexity index is 642. The molecule has 1 aromatic rings. The molecule has 0 aliphatic heterocycles. The second kappa shape index (κ2) is 9.78. The van der Waals surface area contributed by atoms with Gasteiger partial charge in [0, 0.05) is 18.0 Å². The van der Waals surface area contributed by atoms with Crippen LogP contribution >= 0.6 is 0 Å². The second-order valence-electron chi connectivity index (χ2n) is 8.37. The molecule has 4 unspecified atom stereocenters. The Morgan fingerprint density at radius 1 is 1.14 bits per heavy atom. The molecular formula is C21H32N2O5. The van der Waals surface area contributed by atoms with Crippen molar-refractivity contribution in [2.45, 2.75) is 77.4 Å². The van der Waals surface area contributed by atoms with Gasteiger partial charge >= 0.3 is 12.2 Å². The number of nitrogens with one attached hydrogen (secondary N) is 2. The Kier molecular flexibility index (Phi) is 7.69. The average Bonchev–Trinajstić information content (AvgIpc) is 2.60. The molecular weight excluding hydrogens is 360 g/mol. The molecule has 0 heterocycles. The number of aliphatic hydroxyl groups is 1. The maximum absolute atomic E-state index is 12.2. The van der Waals surface area contributed by atoms with E-state index in [0.29, 0.717) is 19.3 Å². The van der Waals surface area contributed by atoms with Crippen LogP contribution in [0, 0.1) is 5.92 Å². The van der Waals surface area contributed by atoms with Crippen LogP contribution in [0.4, 0.5) is 9.59 Å². The lowest BCUT2D eigenvalue weighted by molar-refractivity contribution is 0.0378. The van der Waals surface area contributed by atoms with Gasteiger partial charge in [0.15, 0.2) is 0 Å². The smallest absolute Gasteiger partial charge is 0.407 e. The highest BCUT2D eigenvalue weighted by molar-refractivity contribution is 5.68. The summed E-state index contributed by atoms with van der Waals surface area (Å²) in [6.07, 6.45) is 0.291. The Balaban J connectivity index is 1.85. The Hall–Kier alpha value is -2.28. The Morgan fingerprint density at radius 3 is 2.43 bits per heavy atom. The van der Waals surface area contributed by atoms with Gasteiger partial charge in [-0.1, -0.05) is 30.3 Å². The van der Waals surface area contributed by atoms with E-state index in [0.717, 1.165) is 5.56 Å². The summed E-state index contributed by atoms with van der Waals surface area (Å²) in [4.78, 5) is 24.2. The molecule has 1 aromatic carbocycles. The molecule has 3 N–H and O–H groups in total. The van der Waals surface area contributed by atoms with Gasteiger partial charge in [-0.3, -0.25) is 0 Å². The Morgan fingerprint density at radius 2 is 1.82 bits per heavy atom. The molecule has 1 fully saturated rings. The number of carbonyl (C=O) groups is 2. The summed E-state index contributed by atoms with van der Waals surface area (Å²) in [5.74, 6) is -0.182. The first-order chi connectivity index (χ1) is 13.1. The molecule has 7 heteroatoms. The highest BCUT2D eigenvalue weighted by Gasteiger charge is 2.35. The summed E-state index contributed by atoms with van der Waals surface area (Å²) in [7, 11) is 0. The molecule has 2 amide bonds. The van der Waals surface area contributed by atoms with E-state index in [4.69, 9.17) is 9.47 Å². The maximum atomic E-state index is 12.2. The monoisotopic (exact) mass is 392 g/mol. The lowest BCUT2D eigenvalue weighted by Gasteiger charge is -2.38. The van der Waals surface area contributed by atoms with E-state index < -0.39 is 23.9 Å². The van der Waals surface area contributed by atoms with Crippen molar-refractivity contribution in [1.82, 2.24) is 10.6 Å². The first-order valence-electron chi connectivity index (χ1n) is 9.79. The van der Waals surface area contributed by atoms with Crippen molar-refractivity contribution >= 4 is 12.2 Å². The normalized spacial score (nSPS) is 23.4. The molecule has 7 nitrogen and oxygen atoms in total. The quantitative estimate of drug-likeness (QED) is 0.714. The third kappa shape index (κ3) is 7.38. The van der Waals surface area contributed by atoms with Crippen LogP contribution in [-0.4, -0.2) is 41.1 Å². The number of carbonyl (C=O) groups excluding carboxylic acids is 2.